The van der Waals surface area contributed by atoms with Gasteiger partial charge >= 0.3 is 0 Å². The zero-order chi connectivity index (χ0) is 11.6. The Hall–Kier alpha value is -1.27. The van der Waals surface area contributed by atoms with Gasteiger partial charge in [0.2, 0.25) is 0 Å². The molecule has 0 bridgehead atoms. The number of nitrogens with zero attached hydrogens (tertiary/aromatic N) is 2. The van der Waals surface area contributed by atoms with E-state index in [-0.39, 0.29) is 11.5 Å². The lowest BCUT2D eigenvalue weighted by Gasteiger charge is -2.05. The molecule has 16 heavy (non-hydrogen) atoms. The van der Waals surface area contributed by atoms with Gasteiger partial charge in [0.1, 0.15) is 0 Å². The molecule has 1 fully saturated rings. The highest BCUT2D eigenvalue weighted by atomic mass is 32.2. The number of aromatic nitrogens is 1. The van der Waals surface area contributed by atoms with Gasteiger partial charge in [0.15, 0.2) is 9.84 Å². The van der Waals surface area contributed by atoms with Gasteiger partial charge in [-0.25, -0.2) is 8.42 Å². The van der Waals surface area contributed by atoms with Crippen molar-refractivity contribution < 1.29 is 13.5 Å². The molecule has 1 aromatic heterocycles. The first-order valence-corrected chi connectivity index (χ1v) is 6.71. The Morgan fingerprint density at radius 2 is 2.06 bits per heavy atom. The standard InChI is InChI=1S/C10H12N2O3S/c13-10-7-16(14,15)6-9(10)12-5-8-1-3-11-4-2-8/h1-5,9-10,13H,6-7H2. The Kier molecular flexibility index (Phi) is 3.02. The molecule has 2 rings (SSSR count). The second-order valence-corrected chi connectivity index (χ2v) is 5.92. The number of pyridine rings is 1. The minimum absolute atomic E-state index is 0.0737. The van der Waals surface area contributed by atoms with Crippen LogP contribution in [0.3, 0.4) is 0 Å². The minimum Gasteiger partial charge on any atom is -0.390 e. The van der Waals surface area contributed by atoms with Crippen molar-refractivity contribution in [2.45, 2.75) is 12.1 Å². The molecule has 6 heteroatoms. The monoisotopic (exact) mass is 240 g/mol. The molecule has 5 nitrogen and oxygen atoms in total. The van der Waals surface area contributed by atoms with Crippen LogP contribution in [0.5, 0.6) is 0 Å². The van der Waals surface area contributed by atoms with Crippen LogP contribution < -0.4 is 0 Å². The van der Waals surface area contributed by atoms with Crippen molar-refractivity contribution in [1.82, 2.24) is 4.98 Å². The molecule has 1 aliphatic heterocycles. The number of aliphatic imine (C=N–C) groups is 1. The second-order valence-electron chi connectivity index (χ2n) is 3.77. The quantitative estimate of drug-likeness (QED) is 0.717. The van der Waals surface area contributed by atoms with E-state index in [0.29, 0.717) is 0 Å². The summed E-state index contributed by atoms with van der Waals surface area (Å²) in [7, 11) is -3.13. The summed E-state index contributed by atoms with van der Waals surface area (Å²) >= 11 is 0. The van der Waals surface area contributed by atoms with Crippen LogP contribution in [0.15, 0.2) is 29.5 Å². The van der Waals surface area contributed by atoms with Crippen LogP contribution >= 0.6 is 0 Å². The first-order valence-electron chi connectivity index (χ1n) is 4.88. The number of aliphatic hydroxyl groups excluding tert-OH is 1. The predicted octanol–water partition coefficient (Wildman–Crippen LogP) is -0.342. The van der Waals surface area contributed by atoms with Gasteiger partial charge in [0, 0.05) is 18.6 Å². The zero-order valence-electron chi connectivity index (χ0n) is 8.52. The van der Waals surface area contributed by atoms with E-state index in [4.69, 9.17) is 0 Å². The third-order valence-corrected chi connectivity index (χ3v) is 4.11. The van der Waals surface area contributed by atoms with Crippen molar-refractivity contribution in [2.75, 3.05) is 11.5 Å². The first kappa shape index (κ1) is 11.2. The van der Waals surface area contributed by atoms with E-state index < -0.39 is 22.0 Å². The molecule has 0 saturated carbocycles. The van der Waals surface area contributed by atoms with E-state index in [1.807, 2.05) is 0 Å². The van der Waals surface area contributed by atoms with E-state index in [1.165, 1.54) is 0 Å². The summed E-state index contributed by atoms with van der Waals surface area (Å²) in [4.78, 5) is 7.94. The summed E-state index contributed by atoms with van der Waals surface area (Å²) in [6.45, 7) is 0. The van der Waals surface area contributed by atoms with Gasteiger partial charge in [-0.05, 0) is 17.7 Å². The molecule has 1 saturated heterocycles. The van der Waals surface area contributed by atoms with Gasteiger partial charge in [-0.2, -0.15) is 0 Å². The van der Waals surface area contributed by atoms with Gasteiger partial charge in [-0.15, -0.1) is 0 Å². The molecule has 2 heterocycles. The number of sulfone groups is 1. The van der Waals surface area contributed by atoms with E-state index in [2.05, 4.69) is 9.98 Å². The maximum Gasteiger partial charge on any atom is 0.155 e. The third-order valence-electron chi connectivity index (χ3n) is 2.41. The summed E-state index contributed by atoms with van der Waals surface area (Å²) in [5.41, 5.74) is 0.839. The molecule has 1 aromatic rings. The van der Waals surface area contributed by atoms with Crippen molar-refractivity contribution in [2.24, 2.45) is 4.99 Å². The van der Waals surface area contributed by atoms with Crippen molar-refractivity contribution >= 4 is 16.1 Å². The number of hydrogen-bond acceptors (Lipinski definition) is 5. The Morgan fingerprint density at radius 1 is 1.38 bits per heavy atom. The molecule has 0 aliphatic carbocycles. The zero-order valence-corrected chi connectivity index (χ0v) is 9.34. The number of aliphatic hydroxyl groups is 1. The lowest BCUT2D eigenvalue weighted by molar-refractivity contribution is 0.184. The van der Waals surface area contributed by atoms with E-state index in [0.717, 1.165) is 5.56 Å². The average Bonchev–Trinajstić information content (AvgIpc) is 2.50. The smallest absolute Gasteiger partial charge is 0.155 e. The Bertz CT molecular complexity index is 484. The Labute approximate surface area is 93.8 Å². The van der Waals surface area contributed by atoms with E-state index in [1.54, 1.807) is 30.7 Å². The second kappa shape index (κ2) is 4.31. The molecular formula is C10H12N2O3S. The third kappa shape index (κ3) is 2.65. The van der Waals surface area contributed by atoms with Crippen molar-refractivity contribution in [1.29, 1.82) is 0 Å². The predicted molar refractivity (Wildman–Crippen MR) is 60.3 cm³/mol. The number of rotatable bonds is 2. The molecule has 1 aliphatic rings. The van der Waals surface area contributed by atoms with Crippen molar-refractivity contribution in [3.63, 3.8) is 0 Å². The molecule has 0 radical (unpaired) electrons. The fourth-order valence-corrected chi connectivity index (χ4v) is 3.29. The molecular weight excluding hydrogens is 228 g/mol. The highest BCUT2D eigenvalue weighted by molar-refractivity contribution is 7.91. The number of hydrogen-bond donors (Lipinski definition) is 1. The molecule has 0 aromatic carbocycles. The average molecular weight is 240 g/mol. The summed E-state index contributed by atoms with van der Waals surface area (Å²) in [5, 5.41) is 9.50. The van der Waals surface area contributed by atoms with E-state index >= 15 is 0 Å². The first-order chi connectivity index (χ1) is 7.57. The van der Waals surface area contributed by atoms with Gasteiger partial charge in [-0.1, -0.05) is 0 Å². The van der Waals surface area contributed by atoms with Crippen LogP contribution in [0.2, 0.25) is 0 Å². The Morgan fingerprint density at radius 3 is 2.62 bits per heavy atom. The molecule has 2 atom stereocenters. The summed E-state index contributed by atoms with van der Waals surface area (Å²) in [6, 6.07) is 2.98. The van der Waals surface area contributed by atoms with Gasteiger partial charge in [0.05, 0.1) is 23.7 Å². The SMILES string of the molecule is O=S1(=O)CC(O)C(N=Cc2ccncc2)C1. The lowest BCUT2D eigenvalue weighted by atomic mass is 10.2. The van der Waals surface area contributed by atoms with Crippen molar-refractivity contribution in [3.8, 4) is 0 Å². The highest BCUT2D eigenvalue weighted by Gasteiger charge is 2.35. The van der Waals surface area contributed by atoms with Crippen LogP contribution in [0, 0.1) is 0 Å². The lowest BCUT2D eigenvalue weighted by Crippen LogP contribution is -2.21. The highest BCUT2D eigenvalue weighted by Crippen LogP contribution is 2.15. The molecule has 0 spiro atoms. The fraction of sp³-hybridized carbons (Fsp3) is 0.400. The fourth-order valence-electron chi connectivity index (χ4n) is 1.58. The molecule has 2 unspecified atom stereocenters. The summed E-state index contributed by atoms with van der Waals surface area (Å²) < 4.78 is 22.4. The van der Waals surface area contributed by atoms with Gasteiger partial charge < -0.3 is 5.11 Å². The van der Waals surface area contributed by atoms with Gasteiger partial charge in [0.25, 0.3) is 0 Å². The topological polar surface area (TPSA) is 79.6 Å². The normalized spacial score (nSPS) is 28.6. The Balaban J connectivity index is 2.09. The minimum atomic E-state index is -3.13. The summed E-state index contributed by atoms with van der Waals surface area (Å²) in [6.07, 6.45) is 3.94. The maximum absolute atomic E-state index is 11.2. The van der Waals surface area contributed by atoms with Crippen LogP contribution in [-0.2, 0) is 9.84 Å². The van der Waals surface area contributed by atoms with Crippen molar-refractivity contribution in [3.05, 3.63) is 30.1 Å². The molecule has 0 amide bonds. The molecule has 1 N–H and O–H groups in total. The van der Waals surface area contributed by atoms with Crippen LogP contribution in [-0.4, -0.2) is 48.4 Å². The van der Waals surface area contributed by atoms with Crippen LogP contribution in [0.1, 0.15) is 5.56 Å². The summed E-state index contributed by atoms with van der Waals surface area (Å²) in [5.74, 6) is -0.263. The maximum atomic E-state index is 11.2. The van der Waals surface area contributed by atoms with Crippen LogP contribution in [0.4, 0.5) is 0 Å². The molecule has 86 valence electrons. The largest absolute Gasteiger partial charge is 0.390 e. The van der Waals surface area contributed by atoms with Crippen LogP contribution in [0.25, 0.3) is 0 Å². The van der Waals surface area contributed by atoms with E-state index in [9.17, 15) is 13.5 Å². The van der Waals surface area contributed by atoms with Gasteiger partial charge in [-0.3, -0.25) is 9.98 Å².